The van der Waals surface area contributed by atoms with Crippen LogP contribution in [-0.4, -0.2) is 16.8 Å². The maximum atomic E-state index is 12.4. The topological polar surface area (TPSA) is 38.3 Å². The first-order chi connectivity index (χ1) is 13.4. The highest BCUT2D eigenvalue weighted by Crippen LogP contribution is 2.30. The molecule has 0 radical (unpaired) electrons. The lowest BCUT2D eigenvalue weighted by Gasteiger charge is -2.21. The summed E-state index contributed by atoms with van der Waals surface area (Å²) in [6, 6.07) is 25.1. The van der Waals surface area contributed by atoms with Crippen LogP contribution in [0.25, 0.3) is 10.8 Å². The molecule has 0 heterocycles. The summed E-state index contributed by atoms with van der Waals surface area (Å²) in [7, 11) is 0. The van der Waals surface area contributed by atoms with Crippen molar-refractivity contribution in [1.82, 2.24) is 5.48 Å². The van der Waals surface area contributed by atoms with E-state index in [0.717, 1.165) is 6.42 Å². The monoisotopic (exact) mass is 393 g/mol. The Morgan fingerprint density at radius 3 is 2.36 bits per heavy atom. The van der Waals surface area contributed by atoms with Crippen molar-refractivity contribution in [2.24, 2.45) is 0 Å². The van der Waals surface area contributed by atoms with Gasteiger partial charge >= 0.3 is 0 Å². The Labute approximate surface area is 171 Å². The van der Waals surface area contributed by atoms with Crippen molar-refractivity contribution in [3.05, 3.63) is 78.4 Å². The van der Waals surface area contributed by atoms with Crippen molar-refractivity contribution >= 4 is 28.4 Å². The number of benzene rings is 3. The molecule has 28 heavy (non-hydrogen) atoms. The van der Waals surface area contributed by atoms with E-state index in [1.54, 1.807) is 11.8 Å². The van der Waals surface area contributed by atoms with Crippen LogP contribution in [0.2, 0.25) is 0 Å². The second-order valence-corrected chi connectivity index (χ2v) is 9.26. The minimum atomic E-state index is -0.407. The number of amides is 1. The lowest BCUT2D eigenvalue weighted by molar-refractivity contribution is -0.145. The highest BCUT2D eigenvalue weighted by Gasteiger charge is 2.19. The molecule has 0 saturated heterocycles. The fourth-order valence-corrected chi connectivity index (χ4v) is 4.16. The Morgan fingerprint density at radius 1 is 0.964 bits per heavy atom. The van der Waals surface area contributed by atoms with Crippen molar-refractivity contribution in [1.29, 1.82) is 0 Å². The number of hydrogen-bond acceptors (Lipinski definition) is 3. The predicted molar refractivity (Wildman–Crippen MR) is 117 cm³/mol. The molecule has 0 spiro atoms. The molecule has 3 aromatic rings. The van der Waals surface area contributed by atoms with Crippen molar-refractivity contribution in [2.45, 2.75) is 49.4 Å². The first-order valence-corrected chi connectivity index (χ1v) is 10.4. The molecule has 4 heteroatoms. The van der Waals surface area contributed by atoms with Gasteiger partial charge in [0.25, 0.3) is 0 Å². The number of fused-ring (bicyclic) bond motifs is 1. The largest absolute Gasteiger partial charge is 0.273 e. The van der Waals surface area contributed by atoms with Gasteiger partial charge in [-0.25, -0.2) is 5.48 Å². The number of nitrogens with one attached hydrogen (secondary N) is 1. The maximum Gasteiger partial charge on any atom is 0.244 e. The van der Waals surface area contributed by atoms with Crippen LogP contribution in [0.4, 0.5) is 0 Å². The third-order valence-electron chi connectivity index (χ3n) is 4.21. The van der Waals surface area contributed by atoms with Crippen molar-refractivity contribution in [3.63, 3.8) is 0 Å². The molecule has 3 nitrogen and oxygen atoms in total. The van der Waals surface area contributed by atoms with Crippen LogP contribution in [0.3, 0.4) is 0 Å². The van der Waals surface area contributed by atoms with Crippen LogP contribution in [0.1, 0.15) is 32.8 Å². The Bertz CT molecular complexity index is 919. The zero-order valence-electron chi connectivity index (χ0n) is 16.6. The smallest absolute Gasteiger partial charge is 0.244 e. The van der Waals surface area contributed by atoms with E-state index in [0.29, 0.717) is 6.42 Å². The summed E-state index contributed by atoms with van der Waals surface area (Å²) in [6.07, 6.45) is 1.21. The summed E-state index contributed by atoms with van der Waals surface area (Å²) in [6.45, 7) is 5.75. The van der Waals surface area contributed by atoms with Gasteiger partial charge in [-0.2, -0.15) is 0 Å². The van der Waals surface area contributed by atoms with Gasteiger partial charge in [-0.05, 0) is 55.7 Å². The van der Waals surface area contributed by atoms with Crippen LogP contribution in [0.5, 0.6) is 0 Å². The third-order valence-corrected chi connectivity index (χ3v) is 5.41. The van der Waals surface area contributed by atoms with Gasteiger partial charge in [-0.1, -0.05) is 60.7 Å². The fraction of sp³-hybridized carbons (Fsp3) is 0.292. The second-order valence-electron chi connectivity index (χ2n) is 7.88. The second kappa shape index (κ2) is 9.26. The molecule has 0 fully saturated rings. The number of carbonyl (C=O) groups is 1. The lowest BCUT2D eigenvalue weighted by Crippen LogP contribution is -2.35. The van der Waals surface area contributed by atoms with Crippen molar-refractivity contribution in [3.8, 4) is 0 Å². The fourth-order valence-electron chi connectivity index (χ4n) is 2.92. The van der Waals surface area contributed by atoms with E-state index in [-0.39, 0.29) is 11.2 Å². The molecule has 1 unspecified atom stereocenters. The Balaban J connectivity index is 1.73. The molecule has 3 aromatic carbocycles. The molecule has 1 N–H and O–H groups in total. The summed E-state index contributed by atoms with van der Waals surface area (Å²) >= 11 is 1.74. The minimum absolute atomic E-state index is 0.0934. The van der Waals surface area contributed by atoms with Gasteiger partial charge in [0.05, 0.1) is 5.60 Å². The van der Waals surface area contributed by atoms with Crippen molar-refractivity contribution in [2.75, 3.05) is 0 Å². The zero-order valence-corrected chi connectivity index (χ0v) is 17.5. The summed E-state index contributed by atoms with van der Waals surface area (Å²) < 4.78 is 0. The summed E-state index contributed by atoms with van der Waals surface area (Å²) in [5, 5.41) is 2.56. The quantitative estimate of drug-likeness (QED) is 0.408. The van der Waals surface area contributed by atoms with Crippen molar-refractivity contribution < 1.29 is 9.63 Å². The first-order valence-electron chi connectivity index (χ1n) is 9.55. The molecule has 1 atom stereocenters. The van der Waals surface area contributed by atoms with Crippen LogP contribution in [0.15, 0.2) is 77.7 Å². The highest BCUT2D eigenvalue weighted by atomic mass is 32.2. The van der Waals surface area contributed by atoms with Crippen LogP contribution in [-0.2, 0) is 16.1 Å². The van der Waals surface area contributed by atoms with E-state index >= 15 is 0 Å². The normalized spacial score (nSPS) is 12.7. The minimum Gasteiger partial charge on any atom is -0.273 e. The summed E-state index contributed by atoms with van der Waals surface area (Å²) in [4.78, 5) is 19.1. The average molecular weight is 394 g/mol. The van der Waals surface area contributed by atoms with Gasteiger partial charge in [0.2, 0.25) is 5.91 Å². The number of hydrogen-bond donors (Lipinski definition) is 1. The van der Waals surface area contributed by atoms with E-state index in [1.807, 2.05) is 45.0 Å². The number of carbonyl (C=O) groups excluding carboxylic acids is 1. The summed E-state index contributed by atoms with van der Waals surface area (Å²) in [5.41, 5.74) is 3.42. The van der Waals surface area contributed by atoms with Gasteiger partial charge in [0, 0.05) is 16.6 Å². The van der Waals surface area contributed by atoms with Gasteiger partial charge in [0.15, 0.2) is 0 Å². The molecule has 0 aliphatic heterocycles. The number of hydroxylamine groups is 1. The zero-order chi connectivity index (χ0) is 20.0. The molecular formula is C24H27NO2S. The molecular weight excluding hydrogens is 366 g/mol. The maximum absolute atomic E-state index is 12.4. The van der Waals surface area contributed by atoms with E-state index in [9.17, 15) is 4.79 Å². The number of rotatable bonds is 7. The Morgan fingerprint density at radius 2 is 1.64 bits per heavy atom. The first kappa shape index (κ1) is 20.4. The van der Waals surface area contributed by atoms with E-state index in [2.05, 4.69) is 54.0 Å². The van der Waals surface area contributed by atoms with E-state index < -0.39 is 5.60 Å². The molecule has 0 aliphatic carbocycles. The molecule has 3 rings (SSSR count). The third kappa shape index (κ3) is 6.39. The molecule has 1 amide bonds. The SMILES string of the molecule is CC(C)(C)ONC(=O)CC(Cc1ccccc1)Sc1ccc2ccccc2c1. The van der Waals surface area contributed by atoms with Gasteiger partial charge in [-0.15, -0.1) is 11.8 Å². The van der Waals surface area contributed by atoms with Gasteiger partial charge in [0.1, 0.15) is 0 Å². The average Bonchev–Trinajstić information content (AvgIpc) is 2.66. The molecule has 0 saturated carbocycles. The summed E-state index contributed by atoms with van der Waals surface area (Å²) in [5.74, 6) is -0.0934. The lowest BCUT2D eigenvalue weighted by atomic mass is 10.1. The van der Waals surface area contributed by atoms with E-state index in [1.165, 1.54) is 21.2 Å². The Kier molecular flexibility index (Phi) is 6.76. The molecule has 0 aromatic heterocycles. The van der Waals surface area contributed by atoms with Gasteiger partial charge < -0.3 is 0 Å². The van der Waals surface area contributed by atoms with Crippen LogP contribution in [0, 0.1) is 0 Å². The van der Waals surface area contributed by atoms with E-state index in [4.69, 9.17) is 4.84 Å². The molecule has 146 valence electrons. The van der Waals surface area contributed by atoms with Gasteiger partial charge in [-0.3, -0.25) is 9.63 Å². The predicted octanol–water partition coefficient (Wildman–Crippen LogP) is 5.78. The highest BCUT2D eigenvalue weighted by molar-refractivity contribution is 8.00. The Hall–Kier alpha value is -2.30. The standard InChI is InChI=1S/C24H27NO2S/c1-24(2,3)27-25-23(26)17-22(15-18-9-5-4-6-10-18)28-21-14-13-19-11-7-8-12-20(19)16-21/h4-14,16,22H,15,17H2,1-3H3,(H,25,26). The number of thioether (sulfide) groups is 1. The van der Waals surface area contributed by atoms with Crippen LogP contribution >= 0.6 is 11.8 Å². The van der Waals surface area contributed by atoms with Crippen LogP contribution < -0.4 is 5.48 Å². The molecule has 0 bridgehead atoms. The molecule has 0 aliphatic rings.